The number of amides is 2. The van der Waals surface area contributed by atoms with Crippen LogP contribution in [0.25, 0.3) is 0 Å². The third kappa shape index (κ3) is 6.55. The van der Waals surface area contributed by atoms with E-state index in [-0.39, 0.29) is 17.7 Å². The summed E-state index contributed by atoms with van der Waals surface area (Å²) in [7, 11) is 1.56. The lowest BCUT2D eigenvalue weighted by Crippen LogP contribution is -2.47. The first-order chi connectivity index (χ1) is 15.9. The van der Waals surface area contributed by atoms with Crippen LogP contribution in [0.15, 0.2) is 67.0 Å². The number of benzene rings is 2. The zero-order valence-corrected chi connectivity index (χ0v) is 19.3. The lowest BCUT2D eigenvalue weighted by Gasteiger charge is -2.22. The van der Waals surface area contributed by atoms with Crippen LogP contribution in [-0.4, -0.2) is 29.9 Å². The summed E-state index contributed by atoms with van der Waals surface area (Å²) < 4.78 is 11.3. The van der Waals surface area contributed by atoms with Gasteiger partial charge in [0.05, 0.1) is 7.11 Å². The maximum absolute atomic E-state index is 13.0. The first kappa shape index (κ1) is 23.8. The number of anilines is 1. The largest absolute Gasteiger partial charge is 0.493 e. The highest BCUT2D eigenvalue weighted by Gasteiger charge is 2.25. The number of rotatable bonds is 9. The second-order valence-corrected chi connectivity index (χ2v) is 8.06. The molecule has 2 N–H and O–H groups in total. The third-order valence-corrected chi connectivity index (χ3v) is 5.12. The van der Waals surface area contributed by atoms with Crippen molar-refractivity contribution in [2.24, 2.45) is 5.92 Å². The van der Waals surface area contributed by atoms with Crippen LogP contribution in [0.3, 0.4) is 0 Å². The topological polar surface area (TPSA) is 89.6 Å². The zero-order chi connectivity index (χ0) is 23.8. The molecule has 0 saturated carbocycles. The van der Waals surface area contributed by atoms with Crippen LogP contribution in [0, 0.1) is 12.8 Å². The summed E-state index contributed by atoms with van der Waals surface area (Å²) in [6.45, 7) is 6.06. The molecular formula is C26H29N3O4. The molecule has 2 amide bonds. The van der Waals surface area contributed by atoms with Crippen LogP contribution in [0.4, 0.5) is 5.69 Å². The fourth-order valence-electron chi connectivity index (χ4n) is 3.19. The van der Waals surface area contributed by atoms with E-state index in [1.54, 1.807) is 49.8 Å². The van der Waals surface area contributed by atoms with E-state index in [0.29, 0.717) is 29.4 Å². The van der Waals surface area contributed by atoms with Gasteiger partial charge < -0.3 is 20.1 Å². The second kappa shape index (κ2) is 11.1. The monoisotopic (exact) mass is 447 g/mol. The lowest BCUT2D eigenvalue weighted by molar-refractivity contribution is -0.118. The molecule has 0 bridgehead atoms. The summed E-state index contributed by atoms with van der Waals surface area (Å²) in [5, 5.41) is 5.72. The highest BCUT2D eigenvalue weighted by atomic mass is 16.5. The first-order valence-electron chi connectivity index (χ1n) is 10.8. The van der Waals surface area contributed by atoms with Gasteiger partial charge in [0.2, 0.25) is 5.91 Å². The summed E-state index contributed by atoms with van der Waals surface area (Å²) in [5.74, 6) is 0.336. The lowest BCUT2D eigenvalue weighted by atomic mass is 10.0. The number of pyridine rings is 1. The molecule has 172 valence electrons. The Morgan fingerprint density at radius 2 is 1.67 bits per heavy atom. The maximum Gasteiger partial charge on any atom is 0.251 e. The predicted molar refractivity (Wildman–Crippen MR) is 127 cm³/mol. The van der Waals surface area contributed by atoms with E-state index in [1.165, 1.54) is 0 Å². The molecule has 1 heterocycles. The highest BCUT2D eigenvalue weighted by molar-refractivity contribution is 6.01. The normalized spacial score (nSPS) is 11.5. The number of ether oxygens (including phenoxy) is 2. The molecule has 0 aliphatic rings. The van der Waals surface area contributed by atoms with Crippen molar-refractivity contribution in [1.82, 2.24) is 10.3 Å². The molecule has 0 aliphatic carbocycles. The Kier molecular flexibility index (Phi) is 8.02. The number of hydrogen-bond acceptors (Lipinski definition) is 5. The Morgan fingerprint density at radius 1 is 0.970 bits per heavy atom. The molecule has 2 aromatic carbocycles. The van der Waals surface area contributed by atoms with Gasteiger partial charge in [-0.15, -0.1) is 0 Å². The fraction of sp³-hybridized carbons (Fsp3) is 0.269. The van der Waals surface area contributed by atoms with Crippen molar-refractivity contribution in [3.05, 3.63) is 83.7 Å². The molecule has 0 saturated heterocycles. The second-order valence-electron chi connectivity index (χ2n) is 8.06. The molecule has 1 unspecified atom stereocenters. The Labute approximate surface area is 194 Å². The van der Waals surface area contributed by atoms with Crippen molar-refractivity contribution in [3.63, 3.8) is 0 Å². The molecule has 0 spiro atoms. The van der Waals surface area contributed by atoms with Crippen LogP contribution >= 0.6 is 0 Å². The SMILES string of the molecule is COc1ccc(NC(=O)C(NC(=O)c2ccc(C)cc2)C(C)C)cc1OCc1ccncc1. The van der Waals surface area contributed by atoms with E-state index in [1.807, 2.05) is 45.0 Å². The molecule has 1 aromatic heterocycles. The highest BCUT2D eigenvalue weighted by Crippen LogP contribution is 2.31. The number of aromatic nitrogens is 1. The van der Waals surface area contributed by atoms with Crippen molar-refractivity contribution in [2.75, 3.05) is 12.4 Å². The standard InChI is InChI=1S/C26H29N3O4/c1-17(2)24(29-25(30)20-7-5-18(3)6-8-20)26(31)28-21-9-10-22(32-4)23(15-21)33-16-19-11-13-27-14-12-19/h5-15,17,24H,16H2,1-4H3,(H,28,31)(H,29,30). The minimum absolute atomic E-state index is 0.111. The Hall–Kier alpha value is -3.87. The van der Waals surface area contributed by atoms with E-state index < -0.39 is 6.04 Å². The van der Waals surface area contributed by atoms with Gasteiger partial charge in [-0.3, -0.25) is 14.6 Å². The van der Waals surface area contributed by atoms with Gasteiger partial charge in [-0.05, 0) is 54.8 Å². The van der Waals surface area contributed by atoms with E-state index in [2.05, 4.69) is 15.6 Å². The van der Waals surface area contributed by atoms with Gasteiger partial charge in [-0.1, -0.05) is 31.5 Å². The number of nitrogens with zero attached hydrogens (tertiary/aromatic N) is 1. The van der Waals surface area contributed by atoms with Crippen LogP contribution in [0.5, 0.6) is 11.5 Å². The molecular weight excluding hydrogens is 418 g/mol. The van der Waals surface area contributed by atoms with Crippen LogP contribution in [0.1, 0.15) is 35.3 Å². The quantitative estimate of drug-likeness (QED) is 0.508. The Bertz CT molecular complexity index is 1080. The van der Waals surface area contributed by atoms with Crippen molar-refractivity contribution in [1.29, 1.82) is 0 Å². The number of aryl methyl sites for hydroxylation is 1. The van der Waals surface area contributed by atoms with Crippen LogP contribution in [-0.2, 0) is 11.4 Å². The summed E-state index contributed by atoms with van der Waals surface area (Å²) >= 11 is 0. The van der Waals surface area contributed by atoms with E-state index in [9.17, 15) is 9.59 Å². The zero-order valence-electron chi connectivity index (χ0n) is 19.3. The van der Waals surface area contributed by atoms with Gasteiger partial charge in [0.25, 0.3) is 5.91 Å². The van der Waals surface area contributed by atoms with Crippen molar-refractivity contribution in [2.45, 2.75) is 33.4 Å². The predicted octanol–water partition coefficient (Wildman–Crippen LogP) is 4.37. The average molecular weight is 448 g/mol. The van der Waals surface area contributed by atoms with Gasteiger partial charge in [-0.2, -0.15) is 0 Å². The molecule has 0 radical (unpaired) electrons. The van der Waals surface area contributed by atoms with E-state index in [0.717, 1.165) is 11.1 Å². The first-order valence-corrected chi connectivity index (χ1v) is 10.8. The summed E-state index contributed by atoms with van der Waals surface area (Å²) in [6, 6.07) is 15.4. The minimum atomic E-state index is -0.706. The van der Waals surface area contributed by atoms with Gasteiger partial charge >= 0.3 is 0 Å². The van der Waals surface area contributed by atoms with Crippen molar-refractivity contribution >= 4 is 17.5 Å². The van der Waals surface area contributed by atoms with Gasteiger partial charge in [0.1, 0.15) is 12.6 Å². The van der Waals surface area contributed by atoms with Crippen LogP contribution in [0.2, 0.25) is 0 Å². The van der Waals surface area contributed by atoms with E-state index in [4.69, 9.17) is 9.47 Å². The van der Waals surface area contributed by atoms with E-state index >= 15 is 0 Å². The number of carbonyl (C=O) groups excluding carboxylic acids is 2. The van der Waals surface area contributed by atoms with Crippen LogP contribution < -0.4 is 20.1 Å². The summed E-state index contributed by atoms with van der Waals surface area (Å²) in [4.78, 5) is 29.7. The van der Waals surface area contributed by atoms with Crippen molar-refractivity contribution < 1.29 is 19.1 Å². The molecule has 0 aliphatic heterocycles. The smallest absolute Gasteiger partial charge is 0.251 e. The number of methoxy groups -OCH3 is 1. The maximum atomic E-state index is 13.0. The summed E-state index contributed by atoms with van der Waals surface area (Å²) in [6.07, 6.45) is 3.40. The van der Waals surface area contributed by atoms with Crippen molar-refractivity contribution in [3.8, 4) is 11.5 Å². The number of hydrogen-bond donors (Lipinski definition) is 2. The molecule has 7 heteroatoms. The van der Waals surface area contributed by atoms with Gasteiger partial charge in [-0.25, -0.2) is 0 Å². The minimum Gasteiger partial charge on any atom is -0.493 e. The molecule has 1 atom stereocenters. The molecule has 3 aromatic rings. The number of carbonyl (C=O) groups is 2. The average Bonchev–Trinajstić information content (AvgIpc) is 2.82. The summed E-state index contributed by atoms with van der Waals surface area (Å²) in [5.41, 5.74) is 3.07. The molecule has 0 fully saturated rings. The molecule has 7 nitrogen and oxygen atoms in total. The Balaban J connectivity index is 1.71. The van der Waals surface area contributed by atoms with Gasteiger partial charge in [0.15, 0.2) is 11.5 Å². The molecule has 33 heavy (non-hydrogen) atoms. The fourth-order valence-corrected chi connectivity index (χ4v) is 3.19. The Morgan fingerprint density at radius 3 is 2.30 bits per heavy atom. The number of nitrogens with one attached hydrogen (secondary N) is 2. The van der Waals surface area contributed by atoms with Gasteiger partial charge in [0, 0.05) is 29.7 Å². The third-order valence-electron chi connectivity index (χ3n) is 5.12. The molecule has 3 rings (SSSR count).